The van der Waals surface area contributed by atoms with Gasteiger partial charge in [0.15, 0.2) is 0 Å². The lowest BCUT2D eigenvalue weighted by molar-refractivity contribution is 1.52. The van der Waals surface area contributed by atoms with Crippen LogP contribution in [0.2, 0.25) is 0 Å². The summed E-state index contributed by atoms with van der Waals surface area (Å²) in [7, 11) is 0. The third-order valence-corrected chi connectivity index (χ3v) is 4.53. The molecular weight excluding hydrogens is 264 g/mol. The Labute approximate surface area is 94.5 Å². The summed E-state index contributed by atoms with van der Waals surface area (Å²) in [5.41, 5.74) is 1.45. The first-order valence-electron chi connectivity index (χ1n) is 3.96. The van der Waals surface area contributed by atoms with Gasteiger partial charge in [-0.3, -0.25) is 0 Å². The van der Waals surface area contributed by atoms with Gasteiger partial charge in [-0.25, -0.2) is 0 Å². The lowest BCUT2D eigenvalue weighted by Crippen LogP contribution is -1.75. The van der Waals surface area contributed by atoms with Gasteiger partial charge in [-0.1, -0.05) is 12.1 Å². The van der Waals surface area contributed by atoms with E-state index >= 15 is 0 Å². The number of thiophene rings is 1. The van der Waals surface area contributed by atoms with E-state index in [4.69, 9.17) is 0 Å². The second-order valence-corrected chi connectivity index (χ2v) is 5.41. The van der Waals surface area contributed by atoms with Crippen molar-refractivity contribution in [3.8, 4) is 0 Å². The second-order valence-electron chi connectivity index (χ2n) is 2.81. The van der Waals surface area contributed by atoms with Crippen LogP contribution in [0.3, 0.4) is 0 Å². The fourth-order valence-corrected chi connectivity index (χ4v) is 3.62. The Morgan fingerprint density at radius 3 is 3.08 bits per heavy atom. The number of hydrogen-bond acceptors (Lipinski definition) is 2. The molecule has 2 aromatic rings. The second kappa shape index (κ2) is 4.03. The quantitative estimate of drug-likeness (QED) is 0.774. The fraction of sp³-hybridized carbons (Fsp3) is 0.200. The molecule has 1 aromatic heterocycles. The van der Waals surface area contributed by atoms with Gasteiger partial charge in [0.1, 0.15) is 0 Å². The normalized spacial score (nSPS) is 10.9. The molecule has 0 aliphatic heterocycles. The molecule has 0 atom stereocenters. The van der Waals surface area contributed by atoms with Gasteiger partial charge in [-0.15, -0.1) is 11.3 Å². The molecule has 0 aliphatic carbocycles. The summed E-state index contributed by atoms with van der Waals surface area (Å²) < 4.78 is 2.58. The Kier molecular flexibility index (Phi) is 2.96. The monoisotopic (exact) mass is 272 g/mol. The van der Waals surface area contributed by atoms with Gasteiger partial charge < -0.3 is 0 Å². The van der Waals surface area contributed by atoms with Crippen molar-refractivity contribution in [2.24, 2.45) is 0 Å². The summed E-state index contributed by atoms with van der Waals surface area (Å²) in [5.74, 6) is 1.11. The summed E-state index contributed by atoms with van der Waals surface area (Å²) in [4.78, 5) is 0. The van der Waals surface area contributed by atoms with Gasteiger partial charge in [0.25, 0.3) is 0 Å². The van der Waals surface area contributed by atoms with Crippen LogP contribution in [0, 0.1) is 0 Å². The van der Waals surface area contributed by atoms with Crippen molar-refractivity contribution in [2.75, 3.05) is 6.26 Å². The minimum atomic E-state index is 1.11. The topological polar surface area (TPSA) is 0 Å². The largest absolute Gasteiger partial charge is 0.161 e. The van der Waals surface area contributed by atoms with Crippen LogP contribution < -0.4 is 0 Å². The molecule has 0 N–H and O–H groups in total. The SMILES string of the molecule is CSCc1csc2c(Br)cccc12. The molecule has 0 saturated carbocycles. The van der Waals surface area contributed by atoms with Crippen LogP contribution in [0.15, 0.2) is 28.1 Å². The smallest absolute Gasteiger partial charge is 0.0487 e. The first-order chi connectivity index (χ1) is 6.33. The van der Waals surface area contributed by atoms with Crippen molar-refractivity contribution in [3.05, 3.63) is 33.6 Å². The zero-order valence-electron chi connectivity index (χ0n) is 7.21. The first kappa shape index (κ1) is 9.56. The first-order valence-corrected chi connectivity index (χ1v) is 7.03. The zero-order valence-corrected chi connectivity index (χ0v) is 10.4. The molecule has 1 heterocycles. The van der Waals surface area contributed by atoms with Gasteiger partial charge in [-0.2, -0.15) is 11.8 Å². The van der Waals surface area contributed by atoms with E-state index < -0.39 is 0 Å². The molecule has 0 fully saturated rings. The van der Waals surface area contributed by atoms with E-state index in [-0.39, 0.29) is 0 Å². The maximum absolute atomic E-state index is 3.56. The van der Waals surface area contributed by atoms with Crippen LogP contribution in [0.4, 0.5) is 0 Å². The summed E-state index contributed by atoms with van der Waals surface area (Å²) in [5, 5.41) is 3.65. The van der Waals surface area contributed by atoms with Crippen LogP contribution in [0.1, 0.15) is 5.56 Å². The predicted octanol–water partition coefficient (Wildman–Crippen LogP) is 4.53. The fourth-order valence-electron chi connectivity index (χ4n) is 1.34. The molecule has 0 aliphatic rings. The molecule has 0 radical (unpaired) electrons. The van der Waals surface area contributed by atoms with Crippen LogP contribution in [-0.4, -0.2) is 6.26 Å². The average Bonchev–Trinajstić information content (AvgIpc) is 2.51. The molecule has 0 spiro atoms. The predicted molar refractivity (Wildman–Crippen MR) is 66.7 cm³/mol. The molecular formula is C10H9BrS2. The molecule has 0 bridgehead atoms. The number of halogens is 1. The summed E-state index contributed by atoms with van der Waals surface area (Å²) in [6.07, 6.45) is 2.14. The lowest BCUT2D eigenvalue weighted by atomic mass is 10.2. The number of thioether (sulfide) groups is 1. The van der Waals surface area contributed by atoms with Gasteiger partial charge in [0.05, 0.1) is 0 Å². The molecule has 0 unspecified atom stereocenters. The van der Waals surface area contributed by atoms with E-state index in [0.29, 0.717) is 0 Å². The summed E-state index contributed by atoms with van der Waals surface area (Å²) in [6.45, 7) is 0. The van der Waals surface area contributed by atoms with Crippen molar-refractivity contribution in [1.29, 1.82) is 0 Å². The average molecular weight is 273 g/mol. The van der Waals surface area contributed by atoms with Crippen LogP contribution in [0.25, 0.3) is 10.1 Å². The summed E-state index contributed by atoms with van der Waals surface area (Å²) in [6, 6.07) is 6.40. The third-order valence-electron chi connectivity index (χ3n) is 1.93. The molecule has 3 heteroatoms. The van der Waals surface area contributed by atoms with Crippen molar-refractivity contribution in [2.45, 2.75) is 5.75 Å². The molecule has 1 aromatic carbocycles. The standard InChI is InChI=1S/C10H9BrS2/c1-12-5-7-6-13-10-8(7)3-2-4-9(10)11/h2-4,6H,5H2,1H3. The maximum atomic E-state index is 3.56. The van der Waals surface area contributed by atoms with E-state index in [9.17, 15) is 0 Å². The van der Waals surface area contributed by atoms with Crippen molar-refractivity contribution in [3.63, 3.8) is 0 Å². The van der Waals surface area contributed by atoms with Crippen molar-refractivity contribution >= 4 is 49.1 Å². The minimum absolute atomic E-state index is 1.11. The van der Waals surface area contributed by atoms with Gasteiger partial charge in [-0.05, 0) is 44.6 Å². The Balaban J connectivity index is 2.61. The van der Waals surface area contributed by atoms with Crippen LogP contribution in [0.5, 0.6) is 0 Å². The Hall–Kier alpha value is 0.01000. The van der Waals surface area contributed by atoms with E-state index in [0.717, 1.165) is 5.75 Å². The van der Waals surface area contributed by atoms with Gasteiger partial charge >= 0.3 is 0 Å². The number of fused-ring (bicyclic) bond motifs is 1. The highest BCUT2D eigenvalue weighted by Gasteiger charge is 2.04. The Morgan fingerprint density at radius 1 is 1.46 bits per heavy atom. The molecule has 2 rings (SSSR count). The molecule has 0 nitrogen and oxygen atoms in total. The van der Waals surface area contributed by atoms with Crippen molar-refractivity contribution < 1.29 is 0 Å². The number of hydrogen-bond donors (Lipinski definition) is 0. The molecule has 0 saturated heterocycles. The number of rotatable bonds is 2. The third kappa shape index (κ3) is 1.78. The van der Waals surface area contributed by atoms with E-state index in [1.807, 2.05) is 23.1 Å². The van der Waals surface area contributed by atoms with E-state index in [1.165, 1.54) is 20.1 Å². The molecule has 68 valence electrons. The minimum Gasteiger partial charge on any atom is -0.161 e. The van der Waals surface area contributed by atoms with Crippen LogP contribution >= 0.6 is 39.0 Å². The molecule has 0 amide bonds. The van der Waals surface area contributed by atoms with Gasteiger partial charge in [0, 0.05) is 14.9 Å². The Bertz CT molecular complexity index is 420. The maximum Gasteiger partial charge on any atom is 0.0487 e. The van der Waals surface area contributed by atoms with Gasteiger partial charge in [0.2, 0.25) is 0 Å². The highest BCUT2D eigenvalue weighted by atomic mass is 79.9. The van der Waals surface area contributed by atoms with Crippen LogP contribution in [-0.2, 0) is 5.75 Å². The van der Waals surface area contributed by atoms with Crippen molar-refractivity contribution in [1.82, 2.24) is 0 Å². The molecule has 13 heavy (non-hydrogen) atoms. The van der Waals surface area contributed by atoms with E-state index in [1.54, 1.807) is 0 Å². The Morgan fingerprint density at radius 2 is 2.31 bits per heavy atom. The highest BCUT2D eigenvalue weighted by molar-refractivity contribution is 9.10. The lowest BCUT2D eigenvalue weighted by Gasteiger charge is -1.96. The zero-order chi connectivity index (χ0) is 9.26. The summed E-state index contributed by atoms with van der Waals surface area (Å²) >= 11 is 7.26. The number of benzene rings is 1. The van der Waals surface area contributed by atoms with E-state index in [2.05, 4.69) is 45.8 Å². The highest BCUT2D eigenvalue weighted by Crippen LogP contribution is 2.33.